The molecule has 1 aliphatic rings. The summed E-state index contributed by atoms with van der Waals surface area (Å²) >= 11 is 5.89. The van der Waals surface area contributed by atoms with Crippen LogP contribution in [0.2, 0.25) is 5.02 Å². The Morgan fingerprint density at radius 3 is 2.35 bits per heavy atom. The quantitative estimate of drug-likeness (QED) is 0.838. The van der Waals surface area contributed by atoms with Crippen molar-refractivity contribution in [3.8, 4) is 6.01 Å². The number of hydrogen-bond acceptors (Lipinski definition) is 5. The minimum Gasteiger partial charge on any atom is -0.460 e. The lowest BCUT2D eigenvalue weighted by molar-refractivity contribution is 0.131. The maximum absolute atomic E-state index is 12.5. The predicted molar refractivity (Wildman–Crippen MR) is 100.0 cm³/mol. The standard InChI is InChI=1S/C18H22ClN3O3S/c1-12-10-13(2)21-18(20-12)25-16-8-6-15(7-9-16)22-26(23,24)17-5-3-4-14(19)11-17/h3-5,10-11,15-16,22H,6-9H2,1-2H3. The first-order chi connectivity index (χ1) is 12.3. The minimum absolute atomic E-state index is 0.00289. The average Bonchev–Trinajstić information content (AvgIpc) is 2.55. The fourth-order valence-electron chi connectivity index (χ4n) is 3.12. The maximum atomic E-state index is 12.5. The third kappa shape index (κ3) is 4.93. The number of halogens is 1. The van der Waals surface area contributed by atoms with Gasteiger partial charge in [0.15, 0.2) is 0 Å². The zero-order chi connectivity index (χ0) is 18.7. The van der Waals surface area contributed by atoms with Crippen LogP contribution in [0.4, 0.5) is 0 Å². The Balaban J connectivity index is 1.56. The second-order valence-corrected chi connectivity index (χ2v) is 8.75. The van der Waals surface area contributed by atoms with Crippen LogP contribution in [-0.4, -0.2) is 30.5 Å². The molecule has 1 aliphatic carbocycles. The number of ether oxygens (including phenoxy) is 1. The molecule has 1 heterocycles. The van der Waals surface area contributed by atoms with Gasteiger partial charge in [-0.25, -0.2) is 23.1 Å². The molecule has 1 fully saturated rings. The Kier molecular flexibility index (Phi) is 5.79. The summed E-state index contributed by atoms with van der Waals surface area (Å²) in [6.45, 7) is 3.81. The van der Waals surface area contributed by atoms with Gasteiger partial charge in [-0.2, -0.15) is 0 Å². The van der Waals surface area contributed by atoms with Gasteiger partial charge >= 0.3 is 6.01 Å². The smallest absolute Gasteiger partial charge is 0.317 e. The van der Waals surface area contributed by atoms with Crippen molar-refractivity contribution >= 4 is 21.6 Å². The Hall–Kier alpha value is -1.70. The van der Waals surface area contributed by atoms with Gasteiger partial charge in [0.1, 0.15) is 6.10 Å². The van der Waals surface area contributed by atoms with E-state index in [9.17, 15) is 8.42 Å². The van der Waals surface area contributed by atoms with Gasteiger partial charge in [-0.1, -0.05) is 17.7 Å². The fourth-order valence-corrected chi connectivity index (χ4v) is 4.72. The van der Waals surface area contributed by atoms with Crippen molar-refractivity contribution in [1.82, 2.24) is 14.7 Å². The summed E-state index contributed by atoms with van der Waals surface area (Å²) < 4.78 is 33.6. The van der Waals surface area contributed by atoms with Gasteiger partial charge in [-0.15, -0.1) is 0 Å². The molecule has 1 saturated carbocycles. The van der Waals surface area contributed by atoms with Gasteiger partial charge in [-0.3, -0.25) is 0 Å². The van der Waals surface area contributed by atoms with Crippen LogP contribution in [0.5, 0.6) is 6.01 Å². The fraction of sp³-hybridized carbons (Fsp3) is 0.444. The van der Waals surface area contributed by atoms with Gasteiger partial charge < -0.3 is 4.74 Å². The molecule has 6 nitrogen and oxygen atoms in total. The lowest BCUT2D eigenvalue weighted by atomic mass is 9.94. The Morgan fingerprint density at radius 2 is 1.73 bits per heavy atom. The van der Waals surface area contributed by atoms with E-state index in [-0.39, 0.29) is 17.0 Å². The molecule has 0 amide bonds. The van der Waals surface area contributed by atoms with E-state index < -0.39 is 10.0 Å². The van der Waals surface area contributed by atoms with Crippen LogP contribution in [0.1, 0.15) is 37.1 Å². The van der Waals surface area contributed by atoms with Crippen molar-refractivity contribution in [3.63, 3.8) is 0 Å². The highest BCUT2D eigenvalue weighted by Crippen LogP contribution is 2.24. The van der Waals surface area contributed by atoms with E-state index in [1.165, 1.54) is 6.07 Å². The number of rotatable bonds is 5. The molecular weight excluding hydrogens is 374 g/mol. The van der Waals surface area contributed by atoms with E-state index in [4.69, 9.17) is 16.3 Å². The van der Waals surface area contributed by atoms with Gasteiger partial charge in [0, 0.05) is 22.5 Å². The van der Waals surface area contributed by atoms with Crippen molar-refractivity contribution in [2.45, 2.75) is 56.6 Å². The predicted octanol–water partition coefficient (Wildman–Crippen LogP) is 3.42. The Morgan fingerprint density at radius 1 is 1.08 bits per heavy atom. The van der Waals surface area contributed by atoms with Crippen molar-refractivity contribution in [2.24, 2.45) is 0 Å². The van der Waals surface area contributed by atoms with E-state index in [2.05, 4.69) is 14.7 Å². The molecule has 0 atom stereocenters. The van der Waals surface area contributed by atoms with E-state index in [0.29, 0.717) is 23.9 Å². The molecule has 140 valence electrons. The van der Waals surface area contributed by atoms with Gasteiger partial charge in [0.05, 0.1) is 4.90 Å². The third-order valence-electron chi connectivity index (χ3n) is 4.34. The summed E-state index contributed by atoms with van der Waals surface area (Å²) in [5, 5.41) is 0.401. The molecule has 2 aromatic rings. The first kappa shape index (κ1) is 19.1. The molecule has 0 saturated heterocycles. The maximum Gasteiger partial charge on any atom is 0.317 e. The highest BCUT2D eigenvalue weighted by atomic mass is 35.5. The molecule has 0 radical (unpaired) electrons. The first-order valence-corrected chi connectivity index (χ1v) is 10.4. The number of nitrogens with zero attached hydrogens (tertiary/aromatic N) is 2. The third-order valence-corrected chi connectivity index (χ3v) is 6.09. The van der Waals surface area contributed by atoms with Crippen LogP contribution < -0.4 is 9.46 Å². The Bertz CT molecular complexity index is 861. The van der Waals surface area contributed by atoms with Crippen molar-refractivity contribution < 1.29 is 13.2 Å². The van der Waals surface area contributed by atoms with Crippen LogP contribution >= 0.6 is 11.6 Å². The first-order valence-electron chi connectivity index (χ1n) is 8.59. The number of aromatic nitrogens is 2. The molecular formula is C18H22ClN3O3S. The summed E-state index contributed by atoms with van der Waals surface area (Å²) in [4.78, 5) is 8.78. The summed E-state index contributed by atoms with van der Waals surface area (Å²) in [5.74, 6) is 0. The Labute approximate surface area is 159 Å². The lowest BCUT2D eigenvalue weighted by Crippen LogP contribution is -2.39. The second kappa shape index (κ2) is 7.90. The lowest BCUT2D eigenvalue weighted by Gasteiger charge is -2.28. The highest BCUT2D eigenvalue weighted by Gasteiger charge is 2.27. The summed E-state index contributed by atoms with van der Waals surface area (Å²) in [5.41, 5.74) is 1.74. The molecule has 8 heteroatoms. The SMILES string of the molecule is Cc1cc(C)nc(OC2CCC(NS(=O)(=O)c3cccc(Cl)c3)CC2)n1. The van der Waals surface area contributed by atoms with Crippen LogP contribution in [0.3, 0.4) is 0 Å². The molecule has 3 rings (SSSR count). The molecule has 1 aromatic carbocycles. The zero-order valence-electron chi connectivity index (χ0n) is 14.8. The van der Waals surface area contributed by atoms with Crippen LogP contribution in [0, 0.1) is 13.8 Å². The molecule has 1 aromatic heterocycles. The number of sulfonamides is 1. The van der Waals surface area contributed by atoms with Crippen LogP contribution in [0.15, 0.2) is 35.2 Å². The van der Waals surface area contributed by atoms with Crippen LogP contribution in [0.25, 0.3) is 0 Å². The molecule has 0 spiro atoms. The summed E-state index contributed by atoms with van der Waals surface area (Å²) in [6.07, 6.45) is 2.91. The molecule has 0 aliphatic heterocycles. The topological polar surface area (TPSA) is 81.2 Å². The number of hydrogen-bond donors (Lipinski definition) is 1. The summed E-state index contributed by atoms with van der Waals surface area (Å²) in [7, 11) is -3.57. The highest BCUT2D eigenvalue weighted by molar-refractivity contribution is 7.89. The van der Waals surface area contributed by atoms with E-state index in [1.54, 1.807) is 18.2 Å². The van der Waals surface area contributed by atoms with Gasteiger partial charge in [0.25, 0.3) is 0 Å². The largest absolute Gasteiger partial charge is 0.460 e. The number of aryl methyl sites for hydroxylation is 2. The van der Waals surface area contributed by atoms with E-state index >= 15 is 0 Å². The molecule has 0 bridgehead atoms. The van der Waals surface area contributed by atoms with Crippen molar-refractivity contribution in [2.75, 3.05) is 0 Å². The van der Waals surface area contributed by atoms with E-state index in [0.717, 1.165) is 24.2 Å². The monoisotopic (exact) mass is 395 g/mol. The van der Waals surface area contributed by atoms with Crippen molar-refractivity contribution in [1.29, 1.82) is 0 Å². The van der Waals surface area contributed by atoms with Crippen LogP contribution in [-0.2, 0) is 10.0 Å². The van der Waals surface area contributed by atoms with Gasteiger partial charge in [-0.05, 0) is 63.8 Å². The molecule has 0 unspecified atom stereocenters. The second-order valence-electron chi connectivity index (χ2n) is 6.60. The van der Waals surface area contributed by atoms with Crippen molar-refractivity contribution in [3.05, 3.63) is 46.7 Å². The molecule has 26 heavy (non-hydrogen) atoms. The minimum atomic E-state index is -3.57. The number of benzene rings is 1. The zero-order valence-corrected chi connectivity index (χ0v) is 16.3. The number of nitrogens with one attached hydrogen (secondary N) is 1. The van der Waals surface area contributed by atoms with E-state index in [1.807, 2.05) is 19.9 Å². The summed E-state index contributed by atoms with van der Waals surface area (Å²) in [6, 6.07) is 8.46. The van der Waals surface area contributed by atoms with Gasteiger partial charge in [0.2, 0.25) is 10.0 Å². The normalized spacial score (nSPS) is 20.7. The molecule has 1 N–H and O–H groups in total. The average molecular weight is 396 g/mol.